The second kappa shape index (κ2) is 4.00. The summed E-state index contributed by atoms with van der Waals surface area (Å²) in [4.78, 5) is 9.93. The maximum Gasteiger partial charge on any atom is 0.218 e. The number of rotatable bonds is 4. The monoisotopic (exact) mass is 193 g/mol. The van der Waals surface area contributed by atoms with E-state index in [2.05, 4.69) is 4.72 Å². The summed E-state index contributed by atoms with van der Waals surface area (Å²) in [5.41, 5.74) is -0.101. The van der Waals surface area contributed by atoms with E-state index in [1.165, 1.54) is 0 Å². The van der Waals surface area contributed by atoms with Crippen LogP contribution in [0.3, 0.4) is 0 Å². The van der Waals surface area contributed by atoms with Crippen molar-refractivity contribution in [2.24, 2.45) is 5.41 Å². The molecule has 0 unspecified atom stereocenters. The molecule has 0 radical (unpaired) electrons. The predicted octanol–water partition coefficient (Wildman–Crippen LogP) is 0.151. The molecule has 0 rings (SSSR count). The Labute approximate surface area is 73.4 Å². The number of carbonyl (C=O) groups excluding carboxylic acids is 1. The molecular formula is C7H15NO3S. The zero-order valence-corrected chi connectivity index (χ0v) is 8.44. The Hall–Kier alpha value is -0.420. The number of aldehydes is 1. The molecule has 0 aliphatic rings. The summed E-state index contributed by atoms with van der Waals surface area (Å²) < 4.78 is 24.2. The maximum atomic E-state index is 10.9. The highest BCUT2D eigenvalue weighted by molar-refractivity contribution is 7.90. The topological polar surface area (TPSA) is 63.2 Å². The van der Waals surface area contributed by atoms with Gasteiger partial charge in [-0.1, -0.05) is 20.8 Å². The standard InChI is InChI=1S/C7H15NO3S/c1-7(2,3)6-8-12(10,11)5-4-9/h4,8H,5-6H2,1-3H3. The van der Waals surface area contributed by atoms with Gasteiger partial charge in [-0.25, -0.2) is 13.1 Å². The van der Waals surface area contributed by atoms with Gasteiger partial charge in [0.2, 0.25) is 10.0 Å². The van der Waals surface area contributed by atoms with Crippen molar-refractivity contribution in [1.82, 2.24) is 4.72 Å². The van der Waals surface area contributed by atoms with Crippen molar-refractivity contribution in [1.29, 1.82) is 0 Å². The minimum atomic E-state index is -3.38. The third-order valence-corrected chi connectivity index (χ3v) is 2.27. The van der Waals surface area contributed by atoms with E-state index in [1.807, 2.05) is 20.8 Å². The van der Waals surface area contributed by atoms with Crippen LogP contribution in [0, 0.1) is 5.41 Å². The van der Waals surface area contributed by atoms with E-state index in [-0.39, 0.29) is 5.41 Å². The first kappa shape index (κ1) is 11.6. The van der Waals surface area contributed by atoms with Gasteiger partial charge in [0.15, 0.2) is 0 Å². The summed E-state index contributed by atoms with van der Waals surface area (Å²) in [6.07, 6.45) is 0.380. The minimum Gasteiger partial charge on any atom is -0.302 e. The lowest BCUT2D eigenvalue weighted by Gasteiger charge is -2.17. The van der Waals surface area contributed by atoms with Crippen molar-refractivity contribution in [2.75, 3.05) is 12.3 Å². The average Bonchev–Trinajstić information content (AvgIpc) is 1.83. The molecule has 0 aromatic carbocycles. The Bertz CT molecular complexity index is 238. The number of hydrogen-bond donors (Lipinski definition) is 1. The fraction of sp³-hybridized carbons (Fsp3) is 0.857. The zero-order chi connectivity index (χ0) is 9.83. The molecule has 0 bridgehead atoms. The van der Waals surface area contributed by atoms with Crippen molar-refractivity contribution in [3.63, 3.8) is 0 Å². The SMILES string of the molecule is CC(C)(C)CNS(=O)(=O)CC=O. The van der Waals surface area contributed by atoms with Crippen LogP contribution in [0.2, 0.25) is 0 Å². The summed E-state index contributed by atoms with van der Waals surface area (Å²) in [5, 5.41) is 0. The van der Waals surface area contributed by atoms with Crippen LogP contribution >= 0.6 is 0 Å². The normalized spacial score (nSPS) is 12.9. The van der Waals surface area contributed by atoms with E-state index in [1.54, 1.807) is 0 Å². The molecule has 72 valence electrons. The summed E-state index contributed by atoms with van der Waals surface area (Å²) >= 11 is 0. The quantitative estimate of drug-likeness (QED) is 0.646. The third-order valence-electron chi connectivity index (χ3n) is 1.11. The van der Waals surface area contributed by atoms with E-state index in [4.69, 9.17) is 0 Å². The van der Waals surface area contributed by atoms with Crippen molar-refractivity contribution < 1.29 is 13.2 Å². The maximum absolute atomic E-state index is 10.9. The van der Waals surface area contributed by atoms with Crippen LogP contribution in [0.5, 0.6) is 0 Å². The van der Waals surface area contributed by atoms with Gasteiger partial charge >= 0.3 is 0 Å². The van der Waals surface area contributed by atoms with Gasteiger partial charge in [-0.15, -0.1) is 0 Å². The fourth-order valence-corrected chi connectivity index (χ4v) is 1.42. The Morgan fingerprint density at radius 2 is 1.83 bits per heavy atom. The van der Waals surface area contributed by atoms with Crippen LogP contribution < -0.4 is 4.72 Å². The first-order chi connectivity index (χ1) is 5.27. The average molecular weight is 193 g/mol. The van der Waals surface area contributed by atoms with Crippen molar-refractivity contribution >= 4 is 16.3 Å². The predicted molar refractivity (Wildman–Crippen MR) is 47.3 cm³/mol. The molecule has 0 saturated heterocycles. The van der Waals surface area contributed by atoms with Gasteiger partial charge in [0, 0.05) is 6.54 Å². The summed E-state index contributed by atoms with van der Waals surface area (Å²) in [7, 11) is -3.38. The van der Waals surface area contributed by atoms with Crippen LogP contribution in [0.15, 0.2) is 0 Å². The highest BCUT2D eigenvalue weighted by Crippen LogP contribution is 2.10. The third kappa shape index (κ3) is 6.30. The molecule has 0 aromatic heterocycles. The van der Waals surface area contributed by atoms with Crippen LogP contribution in [0.4, 0.5) is 0 Å². The Morgan fingerprint density at radius 3 is 2.17 bits per heavy atom. The zero-order valence-electron chi connectivity index (χ0n) is 7.62. The highest BCUT2D eigenvalue weighted by Gasteiger charge is 2.15. The lowest BCUT2D eigenvalue weighted by Crippen LogP contribution is -2.34. The molecule has 12 heavy (non-hydrogen) atoms. The van der Waals surface area contributed by atoms with Gasteiger partial charge in [-0.3, -0.25) is 0 Å². The van der Waals surface area contributed by atoms with Crippen LogP contribution in [-0.2, 0) is 14.8 Å². The number of carbonyl (C=O) groups is 1. The smallest absolute Gasteiger partial charge is 0.218 e. The van der Waals surface area contributed by atoms with E-state index in [9.17, 15) is 13.2 Å². The van der Waals surface area contributed by atoms with Crippen molar-refractivity contribution in [3.8, 4) is 0 Å². The fourth-order valence-electron chi connectivity index (χ4n) is 0.475. The Morgan fingerprint density at radius 1 is 1.33 bits per heavy atom. The van der Waals surface area contributed by atoms with E-state index in [0.29, 0.717) is 12.8 Å². The molecule has 0 heterocycles. The molecule has 0 atom stereocenters. The van der Waals surface area contributed by atoms with Gasteiger partial charge in [-0.2, -0.15) is 0 Å². The van der Waals surface area contributed by atoms with Gasteiger partial charge in [-0.05, 0) is 5.41 Å². The molecule has 0 spiro atoms. The second-order valence-corrected chi connectivity index (χ2v) is 5.68. The molecule has 0 fully saturated rings. The Kier molecular flexibility index (Phi) is 3.86. The molecular weight excluding hydrogens is 178 g/mol. The number of nitrogens with one attached hydrogen (secondary N) is 1. The lowest BCUT2D eigenvalue weighted by atomic mass is 9.98. The highest BCUT2D eigenvalue weighted by atomic mass is 32.2. The first-order valence-electron chi connectivity index (χ1n) is 3.68. The van der Waals surface area contributed by atoms with E-state index in [0.717, 1.165) is 0 Å². The largest absolute Gasteiger partial charge is 0.302 e. The Balaban J connectivity index is 4.02. The molecule has 1 N–H and O–H groups in total. The number of sulfonamides is 1. The molecule has 0 aromatic rings. The minimum absolute atomic E-state index is 0.101. The summed E-state index contributed by atoms with van der Waals surface area (Å²) in [6, 6.07) is 0. The van der Waals surface area contributed by atoms with Crippen LogP contribution in [-0.4, -0.2) is 27.0 Å². The van der Waals surface area contributed by atoms with Crippen molar-refractivity contribution in [3.05, 3.63) is 0 Å². The van der Waals surface area contributed by atoms with E-state index >= 15 is 0 Å². The van der Waals surface area contributed by atoms with Crippen LogP contribution in [0.1, 0.15) is 20.8 Å². The summed E-state index contributed by atoms with van der Waals surface area (Å²) in [6.45, 7) is 6.09. The molecule has 0 amide bonds. The molecule has 5 heteroatoms. The summed E-state index contributed by atoms with van der Waals surface area (Å²) in [5.74, 6) is -0.455. The molecule has 0 aliphatic heterocycles. The molecule has 4 nitrogen and oxygen atoms in total. The van der Waals surface area contributed by atoms with E-state index < -0.39 is 15.8 Å². The van der Waals surface area contributed by atoms with Gasteiger partial charge < -0.3 is 4.79 Å². The molecule has 0 saturated carbocycles. The van der Waals surface area contributed by atoms with Gasteiger partial charge in [0.05, 0.1) is 0 Å². The first-order valence-corrected chi connectivity index (χ1v) is 5.33. The lowest BCUT2D eigenvalue weighted by molar-refractivity contribution is -0.105. The second-order valence-electron chi connectivity index (χ2n) is 3.83. The molecule has 0 aliphatic carbocycles. The van der Waals surface area contributed by atoms with Gasteiger partial charge in [0.1, 0.15) is 12.0 Å². The van der Waals surface area contributed by atoms with Crippen LogP contribution in [0.25, 0.3) is 0 Å². The number of hydrogen-bond acceptors (Lipinski definition) is 3. The van der Waals surface area contributed by atoms with Gasteiger partial charge in [0.25, 0.3) is 0 Å². The van der Waals surface area contributed by atoms with Crippen molar-refractivity contribution in [2.45, 2.75) is 20.8 Å².